The molecule has 6 heteroatoms. The molecule has 0 spiro atoms. The zero-order valence-corrected chi connectivity index (χ0v) is 10.2. The molecule has 3 nitrogen and oxygen atoms in total. The number of carbonyl (C=O) groups is 1. The van der Waals surface area contributed by atoms with Crippen LogP contribution in [-0.2, 0) is 22.1 Å². The monoisotopic (exact) mass is 273 g/mol. The summed E-state index contributed by atoms with van der Waals surface area (Å²) < 4.78 is 42.4. The first-order chi connectivity index (χ1) is 8.97. The number of carbonyl (C=O) groups excluding carboxylic acids is 1. The molecular weight excluding hydrogens is 259 g/mol. The molecular formula is C13H14F3NO2. The smallest absolute Gasteiger partial charge is 0.368 e. The van der Waals surface area contributed by atoms with E-state index in [0.717, 1.165) is 12.1 Å². The third-order valence-electron chi connectivity index (χ3n) is 2.95. The quantitative estimate of drug-likeness (QED) is 0.912. The Morgan fingerprint density at radius 3 is 2.53 bits per heavy atom. The minimum absolute atomic E-state index is 0.0878. The molecule has 1 aromatic carbocycles. The van der Waals surface area contributed by atoms with Crippen LogP contribution in [0.2, 0.25) is 0 Å². The van der Waals surface area contributed by atoms with Gasteiger partial charge >= 0.3 is 6.18 Å². The fraction of sp³-hybridized carbons (Fsp3) is 0.462. The van der Waals surface area contributed by atoms with Crippen molar-refractivity contribution in [2.75, 3.05) is 19.7 Å². The summed E-state index contributed by atoms with van der Waals surface area (Å²) in [5.74, 6) is -0.119. The predicted octanol–water partition coefficient (Wildman–Crippen LogP) is 1.81. The van der Waals surface area contributed by atoms with Crippen LogP contribution in [0.5, 0.6) is 0 Å². The minimum Gasteiger partial charge on any atom is -0.368 e. The van der Waals surface area contributed by atoms with Crippen molar-refractivity contribution in [2.24, 2.45) is 0 Å². The zero-order chi connectivity index (χ0) is 13.9. The van der Waals surface area contributed by atoms with Gasteiger partial charge in [-0.3, -0.25) is 4.79 Å². The predicted molar refractivity (Wildman–Crippen MR) is 62.8 cm³/mol. The van der Waals surface area contributed by atoms with Gasteiger partial charge in [0, 0.05) is 19.5 Å². The molecule has 1 atom stereocenters. The Hall–Kier alpha value is -1.40. The lowest BCUT2D eigenvalue weighted by molar-refractivity contribution is -0.137. The van der Waals surface area contributed by atoms with Gasteiger partial charge in [0.25, 0.3) is 0 Å². The molecule has 19 heavy (non-hydrogen) atoms. The van der Waals surface area contributed by atoms with Gasteiger partial charge in [-0.2, -0.15) is 13.2 Å². The van der Waals surface area contributed by atoms with Gasteiger partial charge in [-0.15, -0.1) is 0 Å². The number of hydrogen-bond donors (Lipinski definition) is 1. The van der Waals surface area contributed by atoms with Crippen molar-refractivity contribution in [1.82, 2.24) is 5.32 Å². The molecule has 104 valence electrons. The van der Waals surface area contributed by atoms with Crippen molar-refractivity contribution in [2.45, 2.75) is 18.7 Å². The topological polar surface area (TPSA) is 38.3 Å². The van der Waals surface area contributed by atoms with Crippen LogP contribution in [0, 0.1) is 0 Å². The Bertz CT molecular complexity index is 436. The first-order valence-corrected chi connectivity index (χ1v) is 5.98. The number of benzene rings is 1. The molecule has 0 saturated carbocycles. The van der Waals surface area contributed by atoms with Crippen LogP contribution in [0.3, 0.4) is 0 Å². The van der Waals surface area contributed by atoms with Crippen molar-refractivity contribution >= 4 is 5.78 Å². The number of rotatable bonds is 3. The van der Waals surface area contributed by atoms with Gasteiger partial charge in [-0.05, 0) is 17.7 Å². The summed E-state index contributed by atoms with van der Waals surface area (Å²) in [6, 6.07) is 4.64. The van der Waals surface area contributed by atoms with Crippen LogP contribution in [-0.4, -0.2) is 31.6 Å². The lowest BCUT2D eigenvalue weighted by atomic mass is 10.0. The van der Waals surface area contributed by atoms with Gasteiger partial charge in [0.1, 0.15) is 6.10 Å². The molecule has 0 radical (unpaired) electrons. The molecule has 1 unspecified atom stereocenters. The Balaban J connectivity index is 1.97. The van der Waals surface area contributed by atoms with E-state index in [1.807, 2.05) is 0 Å². The van der Waals surface area contributed by atoms with E-state index in [4.69, 9.17) is 4.74 Å². The first-order valence-electron chi connectivity index (χ1n) is 5.98. The molecule has 1 fully saturated rings. The standard InChI is InChI=1S/C13H14F3NO2/c14-13(15,16)10-3-1-9(2-4-10)7-11(18)12-8-17-5-6-19-12/h1-4,12,17H,5-8H2. The summed E-state index contributed by atoms with van der Waals surface area (Å²) in [7, 11) is 0. The van der Waals surface area contributed by atoms with Crippen molar-refractivity contribution in [3.63, 3.8) is 0 Å². The molecule has 1 saturated heterocycles. The first kappa shape index (κ1) is 14.0. The molecule has 0 amide bonds. The summed E-state index contributed by atoms with van der Waals surface area (Å²) in [6.07, 6.45) is -4.76. The fourth-order valence-electron chi connectivity index (χ4n) is 1.90. The van der Waals surface area contributed by atoms with Gasteiger partial charge < -0.3 is 10.1 Å². The second kappa shape index (κ2) is 5.71. The van der Waals surface area contributed by atoms with Gasteiger partial charge in [-0.25, -0.2) is 0 Å². The zero-order valence-electron chi connectivity index (χ0n) is 10.2. The Kier molecular flexibility index (Phi) is 4.21. The van der Waals surface area contributed by atoms with E-state index in [0.29, 0.717) is 25.3 Å². The van der Waals surface area contributed by atoms with Crippen LogP contribution < -0.4 is 5.32 Å². The maximum absolute atomic E-state index is 12.4. The van der Waals surface area contributed by atoms with Gasteiger partial charge in [0.05, 0.1) is 12.2 Å². The van der Waals surface area contributed by atoms with E-state index in [9.17, 15) is 18.0 Å². The molecule has 2 rings (SSSR count). The van der Waals surface area contributed by atoms with E-state index in [-0.39, 0.29) is 12.2 Å². The number of nitrogens with one attached hydrogen (secondary N) is 1. The average Bonchev–Trinajstić information content (AvgIpc) is 2.39. The van der Waals surface area contributed by atoms with Gasteiger partial charge in [-0.1, -0.05) is 12.1 Å². The second-order valence-corrected chi connectivity index (χ2v) is 4.40. The molecule has 1 aliphatic heterocycles. The number of Topliss-reactive ketones (excluding diaryl/α,β-unsaturated/α-hetero) is 1. The maximum Gasteiger partial charge on any atom is 0.416 e. The van der Waals surface area contributed by atoms with Crippen molar-refractivity contribution in [3.8, 4) is 0 Å². The summed E-state index contributed by atoms with van der Waals surface area (Å²) in [5, 5.41) is 3.04. The van der Waals surface area contributed by atoms with Crippen LogP contribution in [0.1, 0.15) is 11.1 Å². The number of hydrogen-bond acceptors (Lipinski definition) is 3. The number of ether oxygens (including phenoxy) is 1. The largest absolute Gasteiger partial charge is 0.416 e. The van der Waals surface area contributed by atoms with Crippen LogP contribution in [0.4, 0.5) is 13.2 Å². The molecule has 1 N–H and O–H groups in total. The lowest BCUT2D eigenvalue weighted by Crippen LogP contribution is -2.43. The van der Waals surface area contributed by atoms with Gasteiger partial charge in [0.15, 0.2) is 5.78 Å². The maximum atomic E-state index is 12.4. The van der Waals surface area contributed by atoms with Crippen LogP contribution in [0.15, 0.2) is 24.3 Å². The van der Waals surface area contributed by atoms with E-state index >= 15 is 0 Å². The van der Waals surface area contributed by atoms with E-state index in [1.165, 1.54) is 12.1 Å². The fourth-order valence-corrected chi connectivity index (χ4v) is 1.90. The number of alkyl halides is 3. The van der Waals surface area contributed by atoms with E-state index < -0.39 is 17.8 Å². The van der Waals surface area contributed by atoms with E-state index in [2.05, 4.69) is 5.32 Å². The summed E-state index contributed by atoms with van der Waals surface area (Å²) in [6.45, 7) is 1.65. The highest BCUT2D eigenvalue weighted by atomic mass is 19.4. The molecule has 1 aromatic rings. The third kappa shape index (κ3) is 3.78. The minimum atomic E-state index is -4.35. The highest BCUT2D eigenvalue weighted by Gasteiger charge is 2.30. The SMILES string of the molecule is O=C(Cc1ccc(C(F)(F)F)cc1)C1CNCCO1. The van der Waals surface area contributed by atoms with Gasteiger partial charge in [0.2, 0.25) is 0 Å². The number of halogens is 3. The third-order valence-corrected chi connectivity index (χ3v) is 2.95. The molecule has 1 heterocycles. The lowest BCUT2D eigenvalue weighted by Gasteiger charge is -2.22. The summed E-state index contributed by atoms with van der Waals surface area (Å²) in [4.78, 5) is 11.9. The Labute approximate surface area is 108 Å². The normalized spacial score (nSPS) is 20.3. The summed E-state index contributed by atoms with van der Waals surface area (Å²) in [5.41, 5.74) is -0.147. The molecule has 1 aliphatic rings. The Morgan fingerprint density at radius 1 is 1.32 bits per heavy atom. The highest BCUT2D eigenvalue weighted by molar-refractivity contribution is 5.85. The van der Waals surface area contributed by atoms with Crippen molar-refractivity contribution < 1.29 is 22.7 Å². The molecule has 0 aromatic heterocycles. The average molecular weight is 273 g/mol. The molecule has 0 aliphatic carbocycles. The number of ketones is 1. The second-order valence-electron chi connectivity index (χ2n) is 4.40. The number of morpholine rings is 1. The van der Waals surface area contributed by atoms with Crippen LogP contribution in [0.25, 0.3) is 0 Å². The van der Waals surface area contributed by atoms with Crippen molar-refractivity contribution in [1.29, 1.82) is 0 Å². The molecule has 0 bridgehead atoms. The van der Waals surface area contributed by atoms with Crippen molar-refractivity contribution in [3.05, 3.63) is 35.4 Å². The highest BCUT2D eigenvalue weighted by Crippen LogP contribution is 2.29. The van der Waals surface area contributed by atoms with Crippen LogP contribution >= 0.6 is 0 Å². The Morgan fingerprint density at radius 2 is 2.00 bits per heavy atom. The van der Waals surface area contributed by atoms with E-state index in [1.54, 1.807) is 0 Å². The summed E-state index contributed by atoms with van der Waals surface area (Å²) >= 11 is 0.